The Kier molecular flexibility index (Phi) is 4.58. The Morgan fingerprint density at radius 1 is 1.40 bits per heavy atom. The van der Waals surface area contributed by atoms with Crippen molar-refractivity contribution in [2.75, 3.05) is 11.5 Å². The Balaban J connectivity index is 2.63. The van der Waals surface area contributed by atoms with E-state index in [0.717, 1.165) is 0 Å². The van der Waals surface area contributed by atoms with E-state index in [2.05, 4.69) is 10.6 Å². The summed E-state index contributed by atoms with van der Waals surface area (Å²) in [6.45, 7) is 1.56. The first kappa shape index (κ1) is 16.2. The number of nitrogens with one attached hydrogen (secondary N) is 2. The number of carboxylic acid groups (broad SMARTS) is 1. The Morgan fingerprint density at radius 3 is 2.40 bits per heavy atom. The van der Waals surface area contributed by atoms with Gasteiger partial charge in [-0.1, -0.05) is 0 Å². The van der Waals surface area contributed by atoms with Gasteiger partial charge in [0.15, 0.2) is 9.84 Å². The first-order chi connectivity index (χ1) is 9.03. The third-order valence-electron chi connectivity index (χ3n) is 2.93. The predicted molar refractivity (Wildman–Crippen MR) is 68.6 cm³/mol. The number of rotatable bonds is 5. The maximum atomic E-state index is 11.7. The van der Waals surface area contributed by atoms with Crippen LogP contribution in [0.3, 0.4) is 0 Å². The summed E-state index contributed by atoms with van der Waals surface area (Å²) in [6, 6.07) is -2.30. The molecule has 1 heterocycles. The van der Waals surface area contributed by atoms with Gasteiger partial charge in [-0.15, -0.1) is 0 Å². The normalized spacial score (nSPS) is 25.6. The van der Waals surface area contributed by atoms with E-state index in [-0.39, 0.29) is 17.9 Å². The zero-order valence-corrected chi connectivity index (χ0v) is 11.7. The fraction of sp³-hybridized carbons (Fsp3) is 0.700. The lowest BCUT2D eigenvalue weighted by Crippen LogP contribution is -2.55. The van der Waals surface area contributed by atoms with Crippen LogP contribution in [0.15, 0.2) is 0 Å². The van der Waals surface area contributed by atoms with Gasteiger partial charge in [0, 0.05) is 0 Å². The first-order valence-corrected chi connectivity index (χ1v) is 7.65. The number of carbonyl (C=O) groups excluding carboxylic acids is 2. The van der Waals surface area contributed by atoms with E-state index in [9.17, 15) is 22.8 Å². The fourth-order valence-electron chi connectivity index (χ4n) is 1.98. The molecule has 1 unspecified atom stereocenters. The van der Waals surface area contributed by atoms with Crippen LogP contribution in [0.5, 0.6) is 0 Å². The molecule has 2 atom stereocenters. The molecule has 0 radical (unpaired) electrons. The van der Waals surface area contributed by atoms with Gasteiger partial charge in [-0.3, -0.25) is 4.79 Å². The summed E-state index contributed by atoms with van der Waals surface area (Å²) >= 11 is 0. The van der Waals surface area contributed by atoms with Crippen LogP contribution in [0.1, 0.15) is 19.8 Å². The Labute approximate surface area is 115 Å². The monoisotopic (exact) mass is 307 g/mol. The van der Waals surface area contributed by atoms with Gasteiger partial charge in [-0.25, -0.2) is 18.0 Å². The molecule has 0 aromatic carbocycles. The summed E-state index contributed by atoms with van der Waals surface area (Å²) in [5.74, 6) is -2.51. The molecule has 0 bridgehead atoms. The predicted octanol–water partition coefficient (Wildman–Crippen LogP) is -1.81. The molecular weight excluding hydrogens is 290 g/mol. The van der Waals surface area contributed by atoms with Gasteiger partial charge in [0.2, 0.25) is 5.91 Å². The van der Waals surface area contributed by atoms with Gasteiger partial charge in [0.25, 0.3) is 0 Å². The van der Waals surface area contributed by atoms with E-state index in [1.807, 2.05) is 0 Å². The molecule has 0 aromatic rings. The van der Waals surface area contributed by atoms with E-state index in [4.69, 9.17) is 10.8 Å². The highest BCUT2D eigenvalue weighted by Gasteiger charge is 2.40. The second-order valence-electron chi connectivity index (χ2n) is 5.06. The summed E-state index contributed by atoms with van der Waals surface area (Å²) in [7, 11) is -3.20. The number of carbonyl (C=O) groups is 3. The second-order valence-corrected chi connectivity index (χ2v) is 7.25. The number of urea groups is 1. The molecule has 114 valence electrons. The first-order valence-electron chi connectivity index (χ1n) is 5.83. The van der Waals surface area contributed by atoms with Crippen LogP contribution < -0.4 is 16.4 Å². The molecule has 1 rings (SSSR count). The number of amides is 3. The van der Waals surface area contributed by atoms with Crippen molar-refractivity contribution in [1.82, 2.24) is 10.6 Å². The molecule has 0 saturated carbocycles. The number of nitrogens with two attached hydrogens (primary N) is 1. The maximum absolute atomic E-state index is 11.7. The molecule has 3 amide bonds. The summed E-state index contributed by atoms with van der Waals surface area (Å²) in [5.41, 5.74) is 3.93. The third-order valence-corrected chi connectivity index (χ3v) is 4.83. The van der Waals surface area contributed by atoms with Gasteiger partial charge in [0.05, 0.1) is 23.5 Å². The molecule has 0 aromatic heterocycles. The zero-order chi connectivity index (χ0) is 15.6. The minimum atomic E-state index is -3.20. The van der Waals surface area contributed by atoms with Crippen LogP contribution in [0.25, 0.3) is 0 Å². The summed E-state index contributed by atoms with van der Waals surface area (Å²) < 4.78 is 22.8. The van der Waals surface area contributed by atoms with Crippen molar-refractivity contribution in [3.05, 3.63) is 0 Å². The molecule has 20 heavy (non-hydrogen) atoms. The van der Waals surface area contributed by atoms with Crippen LogP contribution in [0, 0.1) is 0 Å². The summed E-state index contributed by atoms with van der Waals surface area (Å²) in [5, 5.41) is 13.3. The van der Waals surface area contributed by atoms with Crippen molar-refractivity contribution in [3.63, 3.8) is 0 Å². The van der Waals surface area contributed by atoms with Gasteiger partial charge < -0.3 is 21.5 Å². The van der Waals surface area contributed by atoms with Crippen LogP contribution in [0.4, 0.5) is 4.79 Å². The number of hydrogen-bond acceptors (Lipinski definition) is 5. The van der Waals surface area contributed by atoms with Gasteiger partial charge in [-0.05, 0) is 13.3 Å². The van der Waals surface area contributed by atoms with E-state index in [1.54, 1.807) is 6.92 Å². The van der Waals surface area contributed by atoms with E-state index in [0.29, 0.717) is 0 Å². The standard InChI is InChI=1S/C10H17N3O6S/c1-10(2-3-20(18,19)5-10)13-9(17)12-6(8(15)16)4-7(11)14/h6H,2-5H2,1H3,(H2,11,14)(H,15,16)(H2,12,13,17)/t6-,10?/m0/s1. The highest BCUT2D eigenvalue weighted by atomic mass is 32.2. The molecule has 1 fully saturated rings. The van der Waals surface area contributed by atoms with Crippen molar-refractivity contribution < 1.29 is 27.9 Å². The summed E-state index contributed by atoms with van der Waals surface area (Å²) in [4.78, 5) is 33.2. The van der Waals surface area contributed by atoms with Crippen molar-refractivity contribution in [1.29, 1.82) is 0 Å². The van der Waals surface area contributed by atoms with Crippen LogP contribution in [0.2, 0.25) is 0 Å². The molecule has 9 nitrogen and oxygen atoms in total. The number of primary amides is 1. The van der Waals surface area contributed by atoms with Crippen molar-refractivity contribution in [3.8, 4) is 0 Å². The van der Waals surface area contributed by atoms with Crippen LogP contribution >= 0.6 is 0 Å². The topological polar surface area (TPSA) is 156 Å². The SMILES string of the molecule is CC1(NC(=O)N[C@@H](CC(N)=O)C(=O)O)CCS(=O)(=O)C1. The quantitative estimate of drug-likeness (QED) is 0.469. The minimum absolute atomic E-state index is 0.0343. The molecule has 5 N–H and O–H groups in total. The molecule has 1 saturated heterocycles. The number of aliphatic carboxylic acids is 1. The fourth-order valence-corrected chi connectivity index (χ4v) is 4.07. The van der Waals surface area contributed by atoms with E-state index < -0.39 is 45.7 Å². The molecule has 0 aliphatic carbocycles. The van der Waals surface area contributed by atoms with Crippen LogP contribution in [-0.4, -0.2) is 54.5 Å². The maximum Gasteiger partial charge on any atom is 0.326 e. The Hall–Kier alpha value is -1.84. The lowest BCUT2D eigenvalue weighted by Gasteiger charge is -2.25. The minimum Gasteiger partial charge on any atom is -0.480 e. The lowest BCUT2D eigenvalue weighted by molar-refractivity contribution is -0.140. The van der Waals surface area contributed by atoms with Gasteiger partial charge >= 0.3 is 12.0 Å². The average Bonchev–Trinajstić information content (AvgIpc) is 2.50. The highest BCUT2D eigenvalue weighted by molar-refractivity contribution is 7.91. The molecular formula is C10H17N3O6S. The lowest BCUT2D eigenvalue weighted by atomic mass is 10.0. The number of sulfone groups is 1. The van der Waals surface area contributed by atoms with Crippen molar-refractivity contribution in [2.24, 2.45) is 5.73 Å². The number of carboxylic acids is 1. The zero-order valence-electron chi connectivity index (χ0n) is 10.9. The smallest absolute Gasteiger partial charge is 0.326 e. The Bertz CT molecular complexity index is 531. The van der Waals surface area contributed by atoms with Crippen molar-refractivity contribution in [2.45, 2.75) is 31.3 Å². The van der Waals surface area contributed by atoms with Crippen molar-refractivity contribution >= 4 is 27.7 Å². The van der Waals surface area contributed by atoms with Crippen LogP contribution in [-0.2, 0) is 19.4 Å². The summed E-state index contributed by atoms with van der Waals surface area (Å²) in [6.07, 6.45) is -0.298. The van der Waals surface area contributed by atoms with Gasteiger partial charge in [0.1, 0.15) is 6.04 Å². The largest absolute Gasteiger partial charge is 0.480 e. The molecule has 1 aliphatic heterocycles. The molecule has 1 aliphatic rings. The highest BCUT2D eigenvalue weighted by Crippen LogP contribution is 2.22. The Morgan fingerprint density at radius 2 is 2.00 bits per heavy atom. The molecule has 0 spiro atoms. The molecule has 10 heteroatoms. The van der Waals surface area contributed by atoms with Gasteiger partial charge in [-0.2, -0.15) is 0 Å². The third kappa shape index (κ3) is 4.68. The van der Waals surface area contributed by atoms with E-state index in [1.165, 1.54) is 0 Å². The van der Waals surface area contributed by atoms with E-state index >= 15 is 0 Å². The second kappa shape index (κ2) is 5.65. The number of hydrogen-bond donors (Lipinski definition) is 4. The average molecular weight is 307 g/mol.